The fourth-order valence-electron chi connectivity index (χ4n) is 3.23. The summed E-state index contributed by atoms with van der Waals surface area (Å²) in [5, 5.41) is 12.2. The van der Waals surface area contributed by atoms with Crippen molar-refractivity contribution in [2.45, 2.75) is 44.3 Å². The SMILES string of the molecule is C[C@H]1[C@H](C)CCC[C@H]1NC(=O)CSc1nnc(-c2ccco2)n1C. The van der Waals surface area contributed by atoms with Gasteiger partial charge >= 0.3 is 0 Å². The fraction of sp³-hybridized carbons (Fsp3) is 0.588. The van der Waals surface area contributed by atoms with E-state index in [4.69, 9.17) is 4.42 Å². The maximum Gasteiger partial charge on any atom is 0.230 e. The van der Waals surface area contributed by atoms with E-state index in [1.165, 1.54) is 24.6 Å². The van der Waals surface area contributed by atoms with Crippen molar-refractivity contribution in [2.24, 2.45) is 18.9 Å². The fourth-order valence-corrected chi connectivity index (χ4v) is 3.95. The summed E-state index contributed by atoms with van der Waals surface area (Å²) in [6.45, 7) is 4.51. The molecule has 0 unspecified atom stereocenters. The topological polar surface area (TPSA) is 73.0 Å². The third-order valence-electron chi connectivity index (χ3n) is 4.96. The Morgan fingerprint density at radius 1 is 1.42 bits per heavy atom. The molecule has 0 saturated heterocycles. The van der Waals surface area contributed by atoms with Gasteiger partial charge in [0.15, 0.2) is 16.7 Å². The van der Waals surface area contributed by atoms with Crippen molar-refractivity contribution >= 4 is 17.7 Å². The van der Waals surface area contributed by atoms with Gasteiger partial charge in [-0.25, -0.2) is 0 Å². The molecule has 1 amide bonds. The van der Waals surface area contributed by atoms with Gasteiger partial charge in [-0.2, -0.15) is 0 Å². The van der Waals surface area contributed by atoms with E-state index in [0.29, 0.717) is 40.4 Å². The molecule has 2 heterocycles. The van der Waals surface area contributed by atoms with Crippen LogP contribution < -0.4 is 5.32 Å². The number of carbonyl (C=O) groups excluding carboxylic acids is 1. The standard InChI is InChI=1S/C17H24N4O2S/c1-11-6-4-7-13(12(11)2)18-15(22)10-24-17-20-19-16(21(17)3)14-8-5-9-23-14/h5,8-9,11-13H,4,6-7,10H2,1-3H3,(H,18,22)/t11-,12+,13-/m1/s1. The lowest BCUT2D eigenvalue weighted by Gasteiger charge is -2.34. The van der Waals surface area contributed by atoms with E-state index < -0.39 is 0 Å². The number of aromatic nitrogens is 3. The predicted octanol–water partition coefficient (Wildman–Crippen LogP) is 3.11. The summed E-state index contributed by atoms with van der Waals surface area (Å²) in [4.78, 5) is 12.3. The van der Waals surface area contributed by atoms with E-state index in [-0.39, 0.29) is 5.91 Å². The van der Waals surface area contributed by atoms with Gasteiger partial charge in [-0.15, -0.1) is 10.2 Å². The van der Waals surface area contributed by atoms with Crippen molar-refractivity contribution in [1.82, 2.24) is 20.1 Å². The summed E-state index contributed by atoms with van der Waals surface area (Å²) in [6, 6.07) is 3.95. The maximum absolute atomic E-state index is 12.3. The third-order valence-corrected chi connectivity index (χ3v) is 5.98. The van der Waals surface area contributed by atoms with Crippen molar-refractivity contribution < 1.29 is 9.21 Å². The van der Waals surface area contributed by atoms with Gasteiger partial charge in [-0.05, 0) is 30.4 Å². The smallest absolute Gasteiger partial charge is 0.230 e. The van der Waals surface area contributed by atoms with Crippen LogP contribution in [0.4, 0.5) is 0 Å². The van der Waals surface area contributed by atoms with Crippen LogP contribution in [-0.4, -0.2) is 32.5 Å². The molecular weight excluding hydrogens is 324 g/mol. The quantitative estimate of drug-likeness (QED) is 0.841. The molecule has 24 heavy (non-hydrogen) atoms. The molecule has 1 aliphatic carbocycles. The Morgan fingerprint density at radius 2 is 2.25 bits per heavy atom. The molecule has 7 heteroatoms. The molecule has 3 atom stereocenters. The summed E-state index contributed by atoms with van der Waals surface area (Å²) < 4.78 is 7.20. The van der Waals surface area contributed by atoms with Crippen molar-refractivity contribution in [3.05, 3.63) is 18.4 Å². The molecule has 1 fully saturated rings. The molecule has 0 aliphatic heterocycles. The average molecular weight is 348 g/mol. The number of thioether (sulfide) groups is 1. The van der Waals surface area contributed by atoms with Crippen molar-refractivity contribution in [2.75, 3.05) is 5.75 Å². The lowest BCUT2D eigenvalue weighted by Crippen LogP contribution is -2.44. The van der Waals surface area contributed by atoms with Crippen LogP contribution in [-0.2, 0) is 11.8 Å². The average Bonchev–Trinajstić information content (AvgIpc) is 3.19. The molecule has 1 saturated carbocycles. The second-order valence-corrected chi connectivity index (χ2v) is 7.51. The summed E-state index contributed by atoms with van der Waals surface area (Å²) in [5.41, 5.74) is 0. The largest absolute Gasteiger partial charge is 0.461 e. The van der Waals surface area contributed by atoms with E-state index in [0.717, 1.165) is 6.42 Å². The first-order valence-electron chi connectivity index (χ1n) is 8.41. The van der Waals surface area contributed by atoms with Crippen LogP contribution in [0.1, 0.15) is 33.1 Å². The Morgan fingerprint density at radius 3 is 3.00 bits per heavy atom. The highest BCUT2D eigenvalue weighted by atomic mass is 32.2. The molecule has 6 nitrogen and oxygen atoms in total. The van der Waals surface area contributed by atoms with Crippen LogP contribution in [0.2, 0.25) is 0 Å². The van der Waals surface area contributed by atoms with Crippen LogP contribution in [0, 0.1) is 11.8 Å². The number of nitrogens with one attached hydrogen (secondary N) is 1. The minimum absolute atomic E-state index is 0.0634. The van der Waals surface area contributed by atoms with Crippen LogP contribution in [0.5, 0.6) is 0 Å². The van der Waals surface area contributed by atoms with Crippen molar-refractivity contribution in [1.29, 1.82) is 0 Å². The second kappa shape index (κ2) is 7.42. The summed E-state index contributed by atoms with van der Waals surface area (Å²) in [6.07, 6.45) is 5.14. The first-order chi connectivity index (χ1) is 11.6. The normalized spacial score (nSPS) is 24.0. The molecule has 2 aromatic heterocycles. The molecular formula is C17H24N4O2S. The van der Waals surface area contributed by atoms with E-state index >= 15 is 0 Å². The third kappa shape index (κ3) is 3.66. The maximum atomic E-state index is 12.3. The number of nitrogens with zero attached hydrogens (tertiary/aromatic N) is 3. The van der Waals surface area contributed by atoms with E-state index in [1.54, 1.807) is 6.26 Å². The highest BCUT2D eigenvalue weighted by molar-refractivity contribution is 7.99. The predicted molar refractivity (Wildman–Crippen MR) is 93.5 cm³/mol. The van der Waals surface area contributed by atoms with E-state index in [9.17, 15) is 4.79 Å². The Kier molecular flexibility index (Phi) is 5.28. The number of hydrogen-bond acceptors (Lipinski definition) is 5. The summed E-state index contributed by atoms with van der Waals surface area (Å²) in [5.74, 6) is 2.96. The lowest BCUT2D eigenvalue weighted by atomic mass is 9.78. The lowest BCUT2D eigenvalue weighted by molar-refractivity contribution is -0.120. The van der Waals surface area contributed by atoms with Gasteiger partial charge in [0.2, 0.25) is 5.91 Å². The highest BCUT2D eigenvalue weighted by Gasteiger charge is 2.28. The minimum atomic E-state index is 0.0634. The molecule has 130 valence electrons. The second-order valence-electron chi connectivity index (χ2n) is 6.57. The molecule has 0 bridgehead atoms. The van der Waals surface area contributed by atoms with Crippen molar-refractivity contribution in [3.8, 4) is 11.6 Å². The van der Waals surface area contributed by atoms with Gasteiger partial charge in [0.25, 0.3) is 0 Å². The number of carbonyl (C=O) groups is 1. The summed E-state index contributed by atoms with van der Waals surface area (Å²) in [7, 11) is 1.88. The number of hydrogen-bond donors (Lipinski definition) is 1. The van der Waals surface area contributed by atoms with Gasteiger partial charge in [-0.1, -0.05) is 38.5 Å². The highest BCUT2D eigenvalue weighted by Crippen LogP contribution is 2.29. The number of furan rings is 1. The van der Waals surface area contributed by atoms with Gasteiger partial charge in [0.1, 0.15) is 0 Å². The van der Waals surface area contributed by atoms with Crippen LogP contribution >= 0.6 is 11.8 Å². The Bertz CT molecular complexity index is 683. The zero-order valence-electron chi connectivity index (χ0n) is 14.4. The molecule has 2 aromatic rings. The molecule has 1 aliphatic rings. The zero-order valence-corrected chi connectivity index (χ0v) is 15.2. The van der Waals surface area contributed by atoms with E-state index in [2.05, 4.69) is 29.4 Å². The van der Waals surface area contributed by atoms with Crippen molar-refractivity contribution in [3.63, 3.8) is 0 Å². The number of amides is 1. The van der Waals surface area contributed by atoms with Gasteiger partial charge < -0.3 is 14.3 Å². The monoisotopic (exact) mass is 348 g/mol. The van der Waals surface area contributed by atoms with Crippen LogP contribution in [0.15, 0.2) is 28.0 Å². The summed E-state index contributed by atoms with van der Waals surface area (Å²) >= 11 is 1.40. The zero-order chi connectivity index (χ0) is 17.1. The molecule has 3 rings (SSSR count). The van der Waals surface area contributed by atoms with Gasteiger partial charge in [0.05, 0.1) is 12.0 Å². The molecule has 1 N–H and O–H groups in total. The van der Waals surface area contributed by atoms with Crippen LogP contribution in [0.3, 0.4) is 0 Å². The Hall–Kier alpha value is -1.76. The Labute approximate surface area is 146 Å². The molecule has 0 spiro atoms. The molecule has 0 radical (unpaired) electrons. The van der Waals surface area contributed by atoms with Gasteiger partial charge in [0, 0.05) is 13.1 Å². The van der Waals surface area contributed by atoms with Gasteiger partial charge in [-0.3, -0.25) is 4.79 Å². The molecule has 0 aromatic carbocycles. The first-order valence-corrected chi connectivity index (χ1v) is 9.40. The first kappa shape index (κ1) is 17.1. The van der Waals surface area contributed by atoms with E-state index in [1.807, 2.05) is 23.7 Å². The van der Waals surface area contributed by atoms with Crippen LogP contribution in [0.25, 0.3) is 11.6 Å². The minimum Gasteiger partial charge on any atom is -0.461 e. The Balaban J connectivity index is 1.55. The number of rotatable bonds is 5.